The lowest BCUT2D eigenvalue weighted by atomic mass is 10.5. The SMILES string of the molecule is Cn1ccc(COc2nnc(N)s2)n1. The molecule has 0 aliphatic carbocycles. The normalized spacial score (nSPS) is 10.4. The minimum absolute atomic E-state index is 0.384. The molecule has 0 spiro atoms. The second kappa shape index (κ2) is 3.62. The van der Waals surface area contributed by atoms with Crippen molar-refractivity contribution in [3.05, 3.63) is 18.0 Å². The van der Waals surface area contributed by atoms with Gasteiger partial charge in [0.15, 0.2) is 0 Å². The number of hydrogen-bond donors (Lipinski definition) is 1. The molecule has 0 aliphatic heterocycles. The van der Waals surface area contributed by atoms with Gasteiger partial charge < -0.3 is 10.5 Å². The predicted octanol–water partition coefficient (Wildman–Crippen LogP) is 0.433. The molecule has 2 aromatic rings. The Morgan fingerprint density at radius 2 is 2.43 bits per heavy atom. The molecule has 0 saturated carbocycles. The smallest absolute Gasteiger partial charge is 0.296 e. The average molecular weight is 211 g/mol. The number of nitrogen functional groups attached to an aromatic ring is 1. The molecule has 0 aliphatic rings. The summed E-state index contributed by atoms with van der Waals surface area (Å²) in [6.07, 6.45) is 1.85. The van der Waals surface area contributed by atoms with Gasteiger partial charge in [-0.25, -0.2) is 0 Å². The fourth-order valence-corrected chi connectivity index (χ4v) is 1.41. The van der Waals surface area contributed by atoms with Crippen LogP contribution in [0.15, 0.2) is 12.3 Å². The van der Waals surface area contributed by atoms with Crippen molar-refractivity contribution in [3.63, 3.8) is 0 Å². The maximum Gasteiger partial charge on any atom is 0.296 e. The Morgan fingerprint density at radius 3 is 3.00 bits per heavy atom. The van der Waals surface area contributed by atoms with Gasteiger partial charge in [0, 0.05) is 13.2 Å². The topological polar surface area (TPSA) is 78.8 Å². The van der Waals surface area contributed by atoms with E-state index in [0.717, 1.165) is 5.69 Å². The molecule has 0 fully saturated rings. The van der Waals surface area contributed by atoms with E-state index < -0.39 is 0 Å². The van der Waals surface area contributed by atoms with Crippen molar-refractivity contribution in [3.8, 4) is 5.19 Å². The number of nitrogens with two attached hydrogens (primary N) is 1. The summed E-state index contributed by atoms with van der Waals surface area (Å²) in [5, 5.41) is 12.4. The molecular formula is C7H9N5OS. The number of rotatable bonds is 3. The summed E-state index contributed by atoms with van der Waals surface area (Å²) in [5.74, 6) is 0. The lowest BCUT2D eigenvalue weighted by Crippen LogP contribution is -1.97. The summed E-state index contributed by atoms with van der Waals surface area (Å²) in [6, 6.07) is 1.88. The van der Waals surface area contributed by atoms with Crippen LogP contribution in [0.2, 0.25) is 0 Å². The highest BCUT2D eigenvalue weighted by Gasteiger charge is 2.03. The number of nitrogens with zero attached hydrogens (tertiary/aromatic N) is 4. The van der Waals surface area contributed by atoms with Crippen LogP contribution in [0.25, 0.3) is 0 Å². The molecule has 7 heteroatoms. The zero-order valence-electron chi connectivity index (χ0n) is 7.54. The third kappa shape index (κ3) is 1.99. The van der Waals surface area contributed by atoms with Gasteiger partial charge >= 0.3 is 0 Å². The standard InChI is InChI=1S/C7H9N5OS/c1-12-3-2-5(11-12)4-13-7-10-9-6(8)14-7/h2-3H,4H2,1H3,(H2,8,9). The molecule has 2 aromatic heterocycles. The van der Waals surface area contributed by atoms with Gasteiger partial charge in [0.2, 0.25) is 5.13 Å². The predicted molar refractivity (Wildman–Crippen MR) is 51.9 cm³/mol. The number of ether oxygens (including phenoxy) is 1. The van der Waals surface area contributed by atoms with E-state index >= 15 is 0 Å². The Kier molecular flexibility index (Phi) is 2.32. The Hall–Kier alpha value is -1.63. The van der Waals surface area contributed by atoms with Crippen LogP contribution >= 0.6 is 11.3 Å². The second-order valence-electron chi connectivity index (χ2n) is 2.68. The van der Waals surface area contributed by atoms with Crippen LogP contribution < -0.4 is 10.5 Å². The number of aromatic nitrogens is 4. The van der Waals surface area contributed by atoms with Gasteiger partial charge in [0.25, 0.3) is 5.19 Å². The summed E-state index contributed by atoms with van der Waals surface area (Å²) < 4.78 is 7.03. The molecule has 2 N–H and O–H groups in total. The third-order valence-corrected chi connectivity index (χ3v) is 2.20. The van der Waals surface area contributed by atoms with Crippen molar-refractivity contribution >= 4 is 16.5 Å². The van der Waals surface area contributed by atoms with Gasteiger partial charge in [-0.3, -0.25) is 4.68 Å². The van der Waals surface area contributed by atoms with Gasteiger partial charge in [-0.15, -0.1) is 5.10 Å². The highest BCUT2D eigenvalue weighted by atomic mass is 32.1. The first-order valence-corrected chi connectivity index (χ1v) is 4.76. The Balaban J connectivity index is 1.94. The average Bonchev–Trinajstić information content (AvgIpc) is 2.72. The van der Waals surface area contributed by atoms with Crippen LogP contribution in [0.4, 0.5) is 5.13 Å². The second-order valence-corrected chi connectivity index (χ2v) is 3.65. The molecule has 0 unspecified atom stereocenters. The van der Waals surface area contributed by atoms with Crippen molar-refractivity contribution in [2.45, 2.75) is 6.61 Å². The van der Waals surface area contributed by atoms with Crippen LogP contribution in [0.1, 0.15) is 5.69 Å². The first-order valence-electron chi connectivity index (χ1n) is 3.94. The fourth-order valence-electron chi connectivity index (χ4n) is 0.955. The Morgan fingerprint density at radius 1 is 1.57 bits per heavy atom. The van der Waals surface area contributed by atoms with E-state index in [1.54, 1.807) is 4.68 Å². The maximum absolute atomic E-state index is 5.40. The van der Waals surface area contributed by atoms with Crippen molar-refractivity contribution in [1.29, 1.82) is 0 Å². The lowest BCUT2D eigenvalue weighted by molar-refractivity contribution is 0.296. The number of aryl methyl sites for hydroxylation is 1. The van der Waals surface area contributed by atoms with E-state index in [2.05, 4.69) is 15.3 Å². The first kappa shape index (κ1) is 8.95. The zero-order chi connectivity index (χ0) is 9.97. The molecule has 0 atom stereocenters. The van der Waals surface area contributed by atoms with E-state index in [9.17, 15) is 0 Å². The molecule has 0 aromatic carbocycles. The quantitative estimate of drug-likeness (QED) is 0.796. The van der Waals surface area contributed by atoms with E-state index in [-0.39, 0.29) is 0 Å². The van der Waals surface area contributed by atoms with Gasteiger partial charge in [-0.05, 0) is 17.4 Å². The Labute approximate surface area is 84.3 Å². The highest BCUT2D eigenvalue weighted by molar-refractivity contribution is 7.16. The Bertz CT molecular complexity index is 383. The van der Waals surface area contributed by atoms with Crippen LogP contribution in [0.5, 0.6) is 5.19 Å². The minimum atomic E-state index is 0.384. The molecule has 2 heterocycles. The van der Waals surface area contributed by atoms with Gasteiger partial charge in [0.1, 0.15) is 6.61 Å². The molecule has 14 heavy (non-hydrogen) atoms. The largest absolute Gasteiger partial charge is 0.462 e. The van der Waals surface area contributed by atoms with Gasteiger partial charge in [0.05, 0.1) is 5.69 Å². The van der Waals surface area contributed by atoms with Crippen LogP contribution in [0, 0.1) is 0 Å². The van der Waals surface area contributed by atoms with Gasteiger partial charge in [-0.1, -0.05) is 5.10 Å². The molecular weight excluding hydrogens is 202 g/mol. The summed E-state index contributed by atoms with van der Waals surface area (Å²) in [4.78, 5) is 0. The number of anilines is 1. The molecule has 0 bridgehead atoms. The highest BCUT2D eigenvalue weighted by Crippen LogP contribution is 2.19. The fraction of sp³-hybridized carbons (Fsp3) is 0.286. The maximum atomic E-state index is 5.40. The molecule has 0 amide bonds. The van der Waals surface area contributed by atoms with Crippen molar-refractivity contribution < 1.29 is 4.74 Å². The van der Waals surface area contributed by atoms with Crippen LogP contribution in [0.3, 0.4) is 0 Å². The van der Waals surface area contributed by atoms with Crippen LogP contribution in [-0.4, -0.2) is 20.0 Å². The van der Waals surface area contributed by atoms with E-state index in [0.29, 0.717) is 16.9 Å². The summed E-state index contributed by atoms with van der Waals surface area (Å²) in [6.45, 7) is 0.384. The molecule has 74 valence electrons. The lowest BCUT2D eigenvalue weighted by Gasteiger charge is -1.96. The van der Waals surface area contributed by atoms with E-state index in [4.69, 9.17) is 10.5 Å². The molecule has 6 nitrogen and oxygen atoms in total. The van der Waals surface area contributed by atoms with E-state index in [1.165, 1.54) is 11.3 Å². The zero-order valence-corrected chi connectivity index (χ0v) is 8.36. The summed E-state index contributed by atoms with van der Waals surface area (Å²) in [5.41, 5.74) is 6.25. The van der Waals surface area contributed by atoms with Crippen LogP contribution in [-0.2, 0) is 13.7 Å². The minimum Gasteiger partial charge on any atom is -0.462 e. The van der Waals surface area contributed by atoms with Crippen molar-refractivity contribution in [2.24, 2.45) is 7.05 Å². The molecule has 2 rings (SSSR count). The van der Waals surface area contributed by atoms with Crippen molar-refractivity contribution in [2.75, 3.05) is 5.73 Å². The molecule has 0 radical (unpaired) electrons. The molecule has 0 saturated heterocycles. The third-order valence-electron chi connectivity index (χ3n) is 1.53. The monoisotopic (exact) mass is 211 g/mol. The first-order chi connectivity index (χ1) is 6.74. The summed E-state index contributed by atoms with van der Waals surface area (Å²) >= 11 is 1.21. The van der Waals surface area contributed by atoms with E-state index in [1.807, 2.05) is 19.3 Å². The summed E-state index contributed by atoms with van der Waals surface area (Å²) in [7, 11) is 1.85. The van der Waals surface area contributed by atoms with Gasteiger partial charge in [-0.2, -0.15) is 5.10 Å². The number of hydrogen-bond acceptors (Lipinski definition) is 6. The van der Waals surface area contributed by atoms with Crippen molar-refractivity contribution in [1.82, 2.24) is 20.0 Å².